The molecule has 0 radical (unpaired) electrons. The summed E-state index contributed by atoms with van der Waals surface area (Å²) in [6.45, 7) is 7.15. The third-order valence-corrected chi connectivity index (χ3v) is 7.99. The minimum absolute atomic E-state index is 0. The van der Waals surface area contributed by atoms with Crippen molar-refractivity contribution in [3.05, 3.63) is 62.1 Å². The highest BCUT2D eigenvalue weighted by atomic mass is 35.5. The number of benzene rings is 1. The van der Waals surface area contributed by atoms with E-state index in [0.29, 0.717) is 18.2 Å². The topological polar surface area (TPSA) is 51.9 Å². The summed E-state index contributed by atoms with van der Waals surface area (Å²) in [5.41, 5.74) is 7.06. The first-order valence-electron chi connectivity index (χ1n) is 11.6. The van der Waals surface area contributed by atoms with E-state index in [0.717, 1.165) is 64.3 Å². The van der Waals surface area contributed by atoms with E-state index in [2.05, 4.69) is 23.3 Å². The number of ether oxygens (including phenoxy) is 2. The number of halogens is 2. The van der Waals surface area contributed by atoms with Gasteiger partial charge in [0.25, 0.3) is 0 Å². The average Bonchev–Trinajstić information content (AvgIpc) is 3.19. The summed E-state index contributed by atoms with van der Waals surface area (Å²) in [7, 11) is 1.65. The zero-order valence-electron chi connectivity index (χ0n) is 20.0. The Bertz CT molecular complexity index is 1400. The van der Waals surface area contributed by atoms with Gasteiger partial charge in [-0.15, -0.1) is 23.7 Å². The van der Waals surface area contributed by atoms with Gasteiger partial charge in [0, 0.05) is 22.5 Å². The smallest absolute Gasteiger partial charge is 0.165 e. The number of rotatable bonds is 7. The lowest BCUT2D eigenvalue weighted by Gasteiger charge is -2.26. The fourth-order valence-corrected chi connectivity index (χ4v) is 5.96. The summed E-state index contributed by atoms with van der Waals surface area (Å²) in [5, 5.41) is 7.87. The summed E-state index contributed by atoms with van der Waals surface area (Å²) in [4.78, 5) is 8.90. The molecule has 35 heavy (non-hydrogen) atoms. The normalized spacial score (nSPS) is 14.7. The second-order valence-electron chi connectivity index (χ2n) is 9.31. The number of thiophene rings is 1. The highest BCUT2D eigenvalue weighted by Crippen LogP contribution is 2.40. The van der Waals surface area contributed by atoms with Crippen molar-refractivity contribution in [2.75, 3.05) is 18.6 Å². The van der Waals surface area contributed by atoms with Gasteiger partial charge in [-0.2, -0.15) is 9.61 Å². The van der Waals surface area contributed by atoms with Gasteiger partial charge in [0.2, 0.25) is 0 Å². The van der Waals surface area contributed by atoms with E-state index in [9.17, 15) is 0 Å². The molecule has 0 spiro atoms. The van der Waals surface area contributed by atoms with Gasteiger partial charge in [-0.1, -0.05) is 11.6 Å². The monoisotopic (exact) mass is 530 g/mol. The maximum absolute atomic E-state index is 6.70. The number of hydrogen-bond donors (Lipinski definition) is 0. The van der Waals surface area contributed by atoms with Crippen LogP contribution in [0.4, 0.5) is 5.82 Å². The second kappa shape index (κ2) is 9.62. The molecule has 1 aliphatic carbocycles. The van der Waals surface area contributed by atoms with Gasteiger partial charge in [-0.3, -0.25) is 0 Å². The van der Waals surface area contributed by atoms with Crippen LogP contribution in [0.15, 0.2) is 29.6 Å². The fraction of sp³-hybridized carbons (Fsp3) is 0.385. The summed E-state index contributed by atoms with van der Waals surface area (Å²) in [6.07, 6.45) is 2.58. The van der Waals surface area contributed by atoms with E-state index < -0.39 is 0 Å². The Morgan fingerprint density at radius 1 is 1.23 bits per heavy atom. The first kappa shape index (κ1) is 24.4. The molecule has 0 amide bonds. The van der Waals surface area contributed by atoms with E-state index in [1.807, 2.05) is 41.0 Å². The number of anilines is 1. The van der Waals surface area contributed by atoms with Crippen molar-refractivity contribution in [1.29, 1.82) is 0 Å². The fourth-order valence-electron chi connectivity index (χ4n) is 4.80. The molecule has 1 fully saturated rings. The largest absolute Gasteiger partial charge is 0.497 e. The quantitative estimate of drug-likeness (QED) is 0.269. The first-order valence-corrected chi connectivity index (χ1v) is 12.9. The van der Waals surface area contributed by atoms with Gasteiger partial charge in [0.05, 0.1) is 48.8 Å². The lowest BCUT2D eigenvalue weighted by atomic mass is 10.1. The molecule has 1 aliphatic heterocycles. The maximum atomic E-state index is 6.70. The Balaban J connectivity index is 0.00000253. The number of aryl methyl sites for hydroxylation is 2. The molecule has 0 unspecified atom stereocenters. The Labute approximate surface area is 220 Å². The molecule has 0 bridgehead atoms. The molecular formula is C26H28Cl2N4O2S. The predicted octanol–water partition coefficient (Wildman–Crippen LogP) is 6.61. The van der Waals surface area contributed by atoms with Crippen LogP contribution in [-0.4, -0.2) is 28.3 Å². The Kier molecular flexibility index (Phi) is 6.70. The molecule has 4 aromatic rings. The predicted molar refractivity (Wildman–Crippen MR) is 143 cm³/mol. The number of hydrogen-bond acceptors (Lipinski definition) is 6. The van der Waals surface area contributed by atoms with Crippen LogP contribution in [0, 0.1) is 19.8 Å². The van der Waals surface area contributed by atoms with Gasteiger partial charge in [0.15, 0.2) is 5.65 Å². The highest BCUT2D eigenvalue weighted by Gasteiger charge is 2.31. The van der Waals surface area contributed by atoms with Crippen molar-refractivity contribution >= 4 is 46.8 Å². The van der Waals surface area contributed by atoms with Crippen LogP contribution >= 0.6 is 35.3 Å². The molecule has 0 atom stereocenters. The molecule has 1 aromatic carbocycles. The number of fused-ring (bicyclic) bond motifs is 2. The molecule has 4 heterocycles. The van der Waals surface area contributed by atoms with Gasteiger partial charge >= 0.3 is 0 Å². The molecule has 6 rings (SSSR count). The third-order valence-electron chi connectivity index (χ3n) is 6.63. The number of methoxy groups -OCH3 is 1. The van der Waals surface area contributed by atoms with Crippen molar-refractivity contribution in [1.82, 2.24) is 14.6 Å². The summed E-state index contributed by atoms with van der Waals surface area (Å²) in [6, 6.07) is 8.05. The van der Waals surface area contributed by atoms with Gasteiger partial charge in [0.1, 0.15) is 11.6 Å². The average molecular weight is 532 g/mol. The third kappa shape index (κ3) is 4.51. The van der Waals surface area contributed by atoms with Crippen LogP contribution in [0.2, 0.25) is 5.02 Å². The Morgan fingerprint density at radius 2 is 2.06 bits per heavy atom. The van der Waals surface area contributed by atoms with Crippen molar-refractivity contribution in [2.24, 2.45) is 5.92 Å². The van der Waals surface area contributed by atoms with Gasteiger partial charge in [-0.05, 0) is 67.8 Å². The van der Waals surface area contributed by atoms with Crippen molar-refractivity contribution < 1.29 is 9.47 Å². The van der Waals surface area contributed by atoms with Crippen LogP contribution < -0.4 is 9.64 Å². The van der Waals surface area contributed by atoms with Gasteiger partial charge in [-0.25, -0.2) is 4.98 Å². The van der Waals surface area contributed by atoms with Crippen LogP contribution in [0.3, 0.4) is 0 Å². The Hall–Kier alpha value is -2.32. The summed E-state index contributed by atoms with van der Waals surface area (Å²) >= 11 is 8.52. The zero-order chi connectivity index (χ0) is 23.4. The van der Waals surface area contributed by atoms with Crippen molar-refractivity contribution in [2.45, 2.75) is 46.4 Å². The number of nitrogens with zero attached hydrogens (tertiary/aromatic N) is 4. The van der Waals surface area contributed by atoms with E-state index in [1.54, 1.807) is 7.11 Å². The van der Waals surface area contributed by atoms with E-state index in [1.165, 1.54) is 23.3 Å². The lowest BCUT2D eigenvalue weighted by molar-refractivity contribution is 0.133. The van der Waals surface area contributed by atoms with Crippen LogP contribution in [0.25, 0.3) is 16.8 Å². The standard InChI is InChI=1S/C26H27ClN4O2S.ClH/c1-15-8-19(34-14-15)11-30(10-17-4-5-17)26-21-12-33-13-23(21)28-25-24(16(2)29-31(25)26)20-7-6-18(32-3)9-22(20)27;/h6-9,14,17H,4-5,10-13H2,1-3H3;1H. The van der Waals surface area contributed by atoms with E-state index in [4.69, 9.17) is 31.2 Å². The highest BCUT2D eigenvalue weighted by molar-refractivity contribution is 7.10. The van der Waals surface area contributed by atoms with Crippen LogP contribution in [-0.2, 0) is 24.5 Å². The molecule has 1 saturated carbocycles. The van der Waals surface area contributed by atoms with Crippen molar-refractivity contribution in [3.8, 4) is 16.9 Å². The van der Waals surface area contributed by atoms with E-state index in [-0.39, 0.29) is 12.4 Å². The summed E-state index contributed by atoms with van der Waals surface area (Å²) < 4.78 is 13.3. The van der Waals surface area contributed by atoms with Crippen LogP contribution in [0.1, 0.15) is 40.2 Å². The lowest BCUT2D eigenvalue weighted by Crippen LogP contribution is -2.28. The molecule has 0 saturated heterocycles. The van der Waals surface area contributed by atoms with Crippen LogP contribution in [0.5, 0.6) is 5.75 Å². The van der Waals surface area contributed by atoms with Crippen molar-refractivity contribution in [3.63, 3.8) is 0 Å². The SMILES string of the molecule is COc1ccc(-c2c(C)nn3c(N(Cc4cc(C)cs4)CC4CC4)c4c(nc23)COC4)c(Cl)c1.Cl. The van der Waals surface area contributed by atoms with E-state index >= 15 is 0 Å². The molecular weight excluding hydrogens is 503 g/mol. The molecule has 2 aliphatic rings. The van der Waals surface area contributed by atoms with Gasteiger partial charge < -0.3 is 14.4 Å². The molecule has 0 N–H and O–H groups in total. The molecule has 184 valence electrons. The minimum atomic E-state index is 0. The number of aromatic nitrogens is 3. The second-order valence-corrected chi connectivity index (χ2v) is 10.7. The first-order chi connectivity index (χ1) is 16.5. The molecule has 6 nitrogen and oxygen atoms in total. The molecule has 3 aromatic heterocycles. The molecule has 9 heteroatoms. The summed E-state index contributed by atoms with van der Waals surface area (Å²) in [5.74, 6) is 2.57. The zero-order valence-corrected chi connectivity index (χ0v) is 22.4. The Morgan fingerprint density at radius 3 is 2.74 bits per heavy atom. The maximum Gasteiger partial charge on any atom is 0.165 e. The minimum Gasteiger partial charge on any atom is -0.497 e.